The highest BCUT2D eigenvalue weighted by Crippen LogP contribution is 2.35. The molecule has 1 aromatic carbocycles. The molecule has 3 heterocycles. The van der Waals surface area contributed by atoms with Gasteiger partial charge in [0.2, 0.25) is 0 Å². The van der Waals surface area contributed by atoms with E-state index in [-0.39, 0.29) is 17.9 Å². The number of H-pyrrole nitrogens is 1. The second-order valence-corrected chi connectivity index (χ2v) is 6.70. The summed E-state index contributed by atoms with van der Waals surface area (Å²) in [6.45, 7) is 4.46. The molecule has 6 nitrogen and oxygen atoms in total. The zero-order valence-corrected chi connectivity index (χ0v) is 15.7. The van der Waals surface area contributed by atoms with Gasteiger partial charge in [0.1, 0.15) is 23.0 Å². The summed E-state index contributed by atoms with van der Waals surface area (Å²) in [5.74, 6) is 3.01. The third-order valence-corrected chi connectivity index (χ3v) is 4.61. The average molecular weight is 377 g/mol. The van der Waals surface area contributed by atoms with Crippen LogP contribution in [0.1, 0.15) is 38.4 Å². The highest BCUT2D eigenvalue weighted by atomic mass is 35.5. The Morgan fingerprint density at radius 2 is 1.69 bits per heavy atom. The van der Waals surface area contributed by atoms with Crippen molar-refractivity contribution in [2.75, 3.05) is 0 Å². The molecule has 0 radical (unpaired) electrons. The van der Waals surface area contributed by atoms with E-state index in [1.165, 1.54) is 0 Å². The number of hydrogen-bond donors (Lipinski definition) is 2. The number of aromatic amines is 1. The van der Waals surface area contributed by atoms with Gasteiger partial charge in [-0.3, -0.25) is 0 Å². The van der Waals surface area contributed by atoms with Crippen molar-refractivity contribution in [3.8, 4) is 22.9 Å². The molecule has 0 saturated carbocycles. The van der Waals surface area contributed by atoms with E-state index in [1.54, 1.807) is 6.20 Å². The van der Waals surface area contributed by atoms with Crippen molar-refractivity contribution in [1.29, 1.82) is 0 Å². The lowest BCUT2D eigenvalue weighted by Crippen LogP contribution is -2.41. The van der Waals surface area contributed by atoms with Crippen molar-refractivity contribution < 1.29 is 10.2 Å². The summed E-state index contributed by atoms with van der Waals surface area (Å²) in [7, 11) is 0. The van der Waals surface area contributed by atoms with Gasteiger partial charge in [0.05, 0.1) is 12.4 Å². The van der Waals surface area contributed by atoms with Crippen LogP contribution in [0, 0.1) is 0 Å². The summed E-state index contributed by atoms with van der Waals surface area (Å²) in [6.07, 6.45) is 5.77. The van der Waals surface area contributed by atoms with Gasteiger partial charge in [-0.05, 0) is 38.8 Å². The number of piperidine rings is 1. The zero-order valence-electron chi connectivity index (χ0n) is 14.9. The fraction of sp³-hybridized carbons (Fsp3) is 0.368. The van der Waals surface area contributed by atoms with Crippen LogP contribution in [0.5, 0.6) is 11.5 Å². The van der Waals surface area contributed by atoms with Gasteiger partial charge in [-0.25, -0.2) is 9.97 Å². The Hall–Kier alpha value is -2.15. The van der Waals surface area contributed by atoms with Crippen LogP contribution in [0.25, 0.3) is 11.4 Å². The van der Waals surface area contributed by atoms with Crippen molar-refractivity contribution in [1.82, 2.24) is 20.3 Å². The number of para-hydroxylation sites is 1. The highest BCUT2D eigenvalue weighted by Gasteiger charge is 2.27. The molecule has 2 unspecified atom stereocenters. The molecule has 1 fully saturated rings. The standard InChI is InChI=1S/C19H22N4O.ClH.H2O/c1-12-8-14(9-13(2)22-12)19-21-10-16-18(23-19)17(11-20-16)24-15-6-4-3-5-7-15;;/h3-7,10-14,22H,8-9H2,1-2H3,(H,21,23);1H;1H2. The third kappa shape index (κ3) is 4.15. The minimum atomic E-state index is 0. The topological polar surface area (TPSA) is 94.3 Å². The Balaban J connectivity index is 0.00000121. The molecule has 7 heteroatoms. The van der Waals surface area contributed by atoms with Gasteiger partial charge in [-0.2, -0.15) is 0 Å². The van der Waals surface area contributed by atoms with Crippen LogP contribution in [-0.4, -0.2) is 32.5 Å². The molecule has 1 aromatic rings. The van der Waals surface area contributed by atoms with Crippen LogP contribution >= 0.6 is 12.4 Å². The summed E-state index contributed by atoms with van der Waals surface area (Å²) in [6, 6.07) is 10.8. The number of hydrogen-bond acceptors (Lipinski definition) is 4. The van der Waals surface area contributed by atoms with Crippen LogP contribution in [0.15, 0.2) is 42.7 Å². The molecule has 140 valence electrons. The van der Waals surface area contributed by atoms with Crippen molar-refractivity contribution in [3.05, 3.63) is 48.5 Å². The SMILES string of the molecule is CC1CC(c2ncc3ncc(Oc4ccccc4)c-3[nH]2)CC(C)N1.Cl.O. The van der Waals surface area contributed by atoms with Gasteiger partial charge in [0.25, 0.3) is 0 Å². The maximum absolute atomic E-state index is 5.98. The van der Waals surface area contributed by atoms with Gasteiger partial charge < -0.3 is 20.5 Å². The van der Waals surface area contributed by atoms with Gasteiger partial charge >= 0.3 is 0 Å². The lowest BCUT2D eigenvalue weighted by molar-refractivity contribution is 0.309. The van der Waals surface area contributed by atoms with E-state index < -0.39 is 0 Å². The van der Waals surface area contributed by atoms with Crippen molar-refractivity contribution in [2.45, 2.75) is 44.7 Å². The second-order valence-electron chi connectivity index (χ2n) is 6.70. The van der Waals surface area contributed by atoms with Crippen LogP contribution < -0.4 is 10.1 Å². The van der Waals surface area contributed by atoms with Gasteiger partial charge in [0.15, 0.2) is 5.75 Å². The summed E-state index contributed by atoms with van der Waals surface area (Å²) in [4.78, 5) is 12.5. The predicted molar refractivity (Wildman–Crippen MR) is 104 cm³/mol. The predicted octanol–water partition coefficient (Wildman–Crippen LogP) is 3.54. The van der Waals surface area contributed by atoms with Crippen LogP contribution in [-0.2, 0) is 0 Å². The third-order valence-electron chi connectivity index (χ3n) is 4.61. The highest BCUT2D eigenvalue weighted by molar-refractivity contribution is 5.85. The van der Waals surface area contributed by atoms with Gasteiger partial charge in [0, 0.05) is 18.0 Å². The Morgan fingerprint density at radius 3 is 2.38 bits per heavy atom. The largest absolute Gasteiger partial charge is 0.453 e. The molecular weight excluding hydrogens is 352 g/mol. The van der Waals surface area contributed by atoms with Crippen molar-refractivity contribution >= 4 is 12.4 Å². The fourth-order valence-electron chi connectivity index (χ4n) is 3.59. The summed E-state index contributed by atoms with van der Waals surface area (Å²) >= 11 is 0. The lowest BCUT2D eigenvalue weighted by Gasteiger charge is -2.32. The molecular formula is C19H25ClN4O2. The number of ether oxygens (including phenoxy) is 1. The maximum Gasteiger partial charge on any atom is 0.171 e. The van der Waals surface area contributed by atoms with E-state index in [9.17, 15) is 0 Å². The van der Waals surface area contributed by atoms with Crippen molar-refractivity contribution in [3.63, 3.8) is 0 Å². The minimum Gasteiger partial charge on any atom is -0.453 e. The maximum atomic E-state index is 5.98. The normalized spacial score (nSPS) is 22.3. The molecule has 0 amide bonds. The second kappa shape index (κ2) is 8.49. The summed E-state index contributed by atoms with van der Waals surface area (Å²) in [5.41, 5.74) is 1.75. The molecule has 2 atom stereocenters. The average Bonchev–Trinajstić information content (AvgIpc) is 2.97. The number of halogens is 1. The fourth-order valence-corrected chi connectivity index (χ4v) is 3.59. The van der Waals surface area contributed by atoms with E-state index in [2.05, 4.69) is 34.1 Å². The molecule has 0 bridgehead atoms. The molecule has 0 aromatic heterocycles. The molecule has 3 aliphatic rings. The number of fused-ring (bicyclic) bond motifs is 1. The van der Waals surface area contributed by atoms with E-state index in [0.717, 1.165) is 41.6 Å². The minimum absolute atomic E-state index is 0. The van der Waals surface area contributed by atoms with Gasteiger partial charge in [-0.15, -0.1) is 12.4 Å². The monoisotopic (exact) mass is 376 g/mol. The number of aromatic nitrogens is 3. The van der Waals surface area contributed by atoms with E-state index in [4.69, 9.17) is 4.74 Å². The number of rotatable bonds is 3. The smallest absolute Gasteiger partial charge is 0.171 e. The number of nitrogens with zero attached hydrogens (tertiary/aromatic N) is 2. The van der Waals surface area contributed by atoms with E-state index >= 15 is 0 Å². The summed E-state index contributed by atoms with van der Waals surface area (Å²) in [5, 5.41) is 3.58. The first-order valence-corrected chi connectivity index (χ1v) is 8.51. The van der Waals surface area contributed by atoms with Gasteiger partial charge in [-0.1, -0.05) is 18.2 Å². The van der Waals surface area contributed by atoms with E-state index in [1.807, 2.05) is 36.5 Å². The van der Waals surface area contributed by atoms with E-state index in [0.29, 0.717) is 18.0 Å². The lowest BCUT2D eigenvalue weighted by atomic mass is 9.88. The first-order chi connectivity index (χ1) is 11.7. The molecule has 4 N–H and O–H groups in total. The molecule has 1 saturated heterocycles. The van der Waals surface area contributed by atoms with Crippen LogP contribution in [0.4, 0.5) is 0 Å². The molecule has 4 rings (SSSR count). The molecule has 0 aliphatic carbocycles. The first kappa shape index (κ1) is 20.2. The molecule has 26 heavy (non-hydrogen) atoms. The van der Waals surface area contributed by atoms with Crippen LogP contribution in [0.3, 0.4) is 0 Å². The Kier molecular flexibility index (Phi) is 6.58. The summed E-state index contributed by atoms with van der Waals surface area (Å²) < 4.78 is 5.98. The quantitative estimate of drug-likeness (QED) is 0.730. The van der Waals surface area contributed by atoms with Crippen LogP contribution in [0.2, 0.25) is 0 Å². The number of nitrogens with one attached hydrogen (secondary N) is 2. The Morgan fingerprint density at radius 1 is 1.00 bits per heavy atom. The number of benzene rings is 1. The molecule has 3 aliphatic heterocycles. The molecule has 0 spiro atoms. The first-order valence-electron chi connectivity index (χ1n) is 8.51. The zero-order chi connectivity index (χ0) is 16.5. The Bertz CT molecular complexity index is 785. The Labute approximate surface area is 159 Å². The van der Waals surface area contributed by atoms with Crippen molar-refractivity contribution in [2.24, 2.45) is 0 Å².